The zero-order valence-electron chi connectivity index (χ0n) is 7.38. The molecule has 0 aromatic carbocycles. The zero-order chi connectivity index (χ0) is 9.68. The van der Waals surface area contributed by atoms with Gasteiger partial charge in [-0.05, 0) is 41.1 Å². The Morgan fingerprint density at radius 3 is 3.08 bits per heavy atom. The van der Waals surface area contributed by atoms with Crippen molar-refractivity contribution in [2.45, 2.75) is 13.3 Å². The van der Waals surface area contributed by atoms with Crippen molar-refractivity contribution in [2.24, 2.45) is 0 Å². The second kappa shape index (κ2) is 5.16. The third kappa shape index (κ3) is 2.95. The van der Waals surface area contributed by atoms with Crippen molar-refractivity contribution in [1.82, 2.24) is 10.3 Å². The molecule has 0 aliphatic carbocycles. The molecule has 0 aliphatic rings. The molecule has 3 nitrogen and oxygen atoms in total. The van der Waals surface area contributed by atoms with Crippen LogP contribution in [0.2, 0.25) is 0 Å². The maximum absolute atomic E-state index is 11.5. The highest BCUT2D eigenvalue weighted by Crippen LogP contribution is 2.07. The molecule has 1 heterocycles. The lowest BCUT2D eigenvalue weighted by molar-refractivity contribution is 0.0952. The van der Waals surface area contributed by atoms with Crippen LogP contribution in [0.4, 0.5) is 0 Å². The molecule has 1 aromatic heterocycles. The van der Waals surface area contributed by atoms with E-state index in [0.717, 1.165) is 10.1 Å². The van der Waals surface area contributed by atoms with E-state index in [-0.39, 0.29) is 5.91 Å². The predicted octanol–water partition coefficient (Wildman–Crippen LogP) is 1.83. The molecule has 13 heavy (non-hydrogen) atoms. The number of nitrogens with one attached hydrogen (secondary N) is 1. The SMILES string of the molecule is CCCNC(=O)c1cccnc1I. The van der Waals surface area contributed by atoms with Gasteiger partial charge in [0.15, 0.2) is 0 Å². The van der Waals surface area contributed by atoms with Crippen molar-refractivity contribution < 1.29 is 4.79 Å². The molecule has 0 saturated carbocycles. The van der Waals surface area contributed by atoms with Crippen LogP contribution < -0.4 is 5.32 Å². The first-order valence-corrected chi connectivity index (χ1v) is 5.22. The molecule has 0 aliphatic heterocycles. The minimum atomic E-state index is -0.0423. The Morgan fingerprint density at radius 1 is 1.69 bits per heavy atom. The third-order valence-corrected chi connectivity index (χ3v) is 2.40. The number of hydrogen-bond acceptors (Lipinski definition) is 2. The number of carbonyl (C=O) groups is 1. The number of hydrogen-bond donors (Lipinski definition) is 1. The molecule has 0 atom stereocenters. The fourth-order valence-corrected chi connectivity index (χ4v) is 1.47. The molecular formula is C9H11IN2O. The van der Waals surface area contributed by atoms with Crippen molar-refractivity contribution in [3.05, 3.63) is 27.6 Å². The van der Waals surface area contributed by atoms with Crippen molar-refractivity contribution >= 4 is 28.5 Å². The molecule has 1 rings (SSSR count). The molecule has 0 fully saturated rings. The van der Waals surface area contributed by atoms with Gasteiger partial charge in [-0.2, -0.15) is 0 Å². The van der Waals surface area contributed by atoms with Crippen LogP contribution in [0.25, 0.3) is 0 Å². The number of pyridine rings is 1. The van der Waals surface area contributed by atoms with Crippen molar-refractivity contribution in [2.75, 3.05) is 6.54 Å². The van der Waals surface area contributed by atoms with Crippen LogP contribution in [0.5, 0.6) is 0 Å². The first-order valence-electron chi connectivity index (χ1n) is 4.14. The Morgan fingerprint density at radius 2 is 2.46 bits per heavy atom. The lowest BCUT2D eigenvalue weighted by Gasteiger charge is -2.03. The molecule has 4 heteroatoms. The lowest BCUT2D eigenvalue weighted by Crippen LogP contribution is -2.24. The van der Waals surface area contributed by atoms with Gasteiger partial charge in [0.1, 0.15) is 3.70 Å². The van der Waals surface area contributed by atoms with Gasteiger partial charge in [0.2, 0.25) is 0 Å². The molecule has 0 unspecified atom stereocenters. The maximum atomic E-state index is 11.5. The van der Waals surface area contributed by atoms with Gasteiger partial charge >= 0.3 is 0 Å². The summed E-state index contributed by atoms with van der Waals surface area (Å²) in [5.74, 6) is -0.0423. The fraction of sp³-hybridized carbons (Fsp3) is 0.333. The van der Waals surface area contributed by atoms with E-state index in [4.69, 9.17) is 0 Å². The normalized spacial score (nSPS) is 9.69. The Labute approximate surface area is 91.1 Å². The van der Waals surface area contributed by atoms with E-state index < -0.39 is 0 Å². The van der Waals surface area contributed by atoms with Gasteiger partial charge in [0, 0.05) is 12.7 Å². The van der Waals surface area contributed by atoms with E-state index in [9.17, 15) is 4.79 Å². The number of halogens is 1. The van der Waals surface area contributed by atoms with Gasteiger partial charge < -0.3 is 5.32 Å². The van der Waals surface area contributed by atoms with E-state index in [1.54, 1.807) is 18.3 Å². The highest BCUT2D eigenvalue weighted by Gasteiger charge is 2.08. The Hall–Kier alpha value is -0.650. The molecule has 0 radical (unpaired) electrons. The summed E-state index contributed by atoms with van der Waals surface area (Å²) in [6.07, 6.45) is 2.63. The summed E-state index contributed by atoms with van der Waals surface area (Å²) in [6.45, 7) is 2.73. The monoisotopic (exact) mass is 290 g/mol. The summed E-state index contributed by atoms with van der Waals surface area (Å²) in [4.78, 5) is 15.5. The maximum Gasteiger partial charge on any atom is 0.253 e. The summed E-state index contributed by atoms with van der Waals surface area (Å²) in [5.41, 5.74) is 0.650. The highest BCUT2D eigenvalue weighted by atomic mass is 127. The van der Waals surface area contributed by atoms with Gasteiger partial charge in [0.05, 0.1) is 5.56 Å². The average Bonchev–Trinajstić information content (AvgIpc) is 2.15. The van der Waals surface area contributed by atoms with E-state index in [1.165, 1.54) is 0 Å². The summed E-state index contributed by atoms with van der Waals surface area (Å²) in [7, 11) is 0. The molecular weight excluding hydrogens is 279 g/mol. The molecule has 1 amide bonds. The Bertz CT molecular complexity index is 301. The molecule has 1 N–H and O–H groups in total. The second-order valence-electron chi connectivity index (χ2n) is 2.60. The van der Waals surface area contributed by atoms with Gasteiger partial charge in [0.25, 0.3) is 5.91 Å². The first kappa shape index (κ1) is 10.4. The van der Waals surface area contributed by atoms with Crippen LogP contribution in [0, 0.1) is 3.70 Å². The number of carbonyl (C=O) groups excluding carboxylic acids is 1. The summed E-state index contributed by atoms with van der Waals surface area (Å²) in [6, 6.07) is 3.54. The topological polar surface area (TPSA) is 42.0 Å². The molecule has 1 aromatic rings. The number of aromatic nitrogens is 1. The minimum Gasteiger partial charge on any atom is -0.352 e. The Kier molecular flexibility index (Phi) is 4.14. The summed E-state index contributed by atoms with van der Waals surface area (Å²) >= 11 is 2.06. The number of nitrogens with zero attached hydrogens (tertiary/aromatic N) is 1. The van der Waals surface area contributed by atoms with E-state index in [2.05, 4.69) is 32.9 Å². The predicted molar refractivity (Wildman–Crippen MR) is 59.6 cm³/mol. The molecule has 0 spiro atoms. The van der Waals surface area contributed by atoms with Crippen LogP contribution in [-0.4, -0.2) is 17.4 Å². The lowest BCUT2D eigenvalue weighted by atomic mass is 10.2. The smallest absolute Gasteiger partial charge is 0.253 e. The molecule has 0 bridgehead atoms. The fourth-order valence-electron chi connectivity index (χ4n) is 0.889. The van der Waals surface area contributed by atoms with Crippen LogP contribution in [0.15, 0.2) is 18.3 Å². The van der Waals surface area contributed by atoms with E-state index >= 15 is 0 Å². The van der Waals surface area contributed by atoms with Gasteiger partial charge in [-0.25, -0.2) is 4.98 Å². The largest absolute Gasteiger partial charge is 0.352 e. The standard InChI is InChI=1S/C9H11IN2O/c1-2-5-12-9(13)7-4-3-6-11-8(7)10/h3-4,6H,2,5H2,1H3,(H,12,13). The van der Waals surface area contributed by atoms with Crippen LogP contribution in [0.1, 0.15) is 23.7 Å². The van der Waals surface area contributed by atoms with Crippen molar-refractivity contribution in [1.29, 1.82) is 0 Å². The van der Waals surface area contributed by atoms with Crippen molar-refractivity contribution in [3.8, 4) is 0 Å². The minimum absolute atomic E-state index is 0.0423. The highest BCUT2D eigenvalue weighted by molar-refractivity contribution is 14.1. The summed E-state index contributed by atoms with van der Waals surface area (Å²) in [5, 5.41) is 2.81. The third-order valence-electron chi connectivity index (χ3n) is 1.54. The number of amides is 1. The Balaban J connectivity index is 2.71. The van der Waals surface area contributed by atoms with Crippen LogP contribution >= 0.6 is 22.6 Å². The molecule has 70 valence electrons. The average molecular weight is 290 g/mol. The van der Waals surface area contributed by atoms with Gasteiger partial charge in [-0.15, -0.1) is 0 Å². The van der Waals surface area contributed by atoms with E-state index in [1.807, 2.05) is 6.92 Å². The van der Waals surface area contributed by atoms with Crippen molar-refractivity contribution in [3.63, 3.8) is 0 Å². The quantitative estimate of drug-likeness (QED) is 0.681. The van der Waals surface area contributed by atoms with Gasteiger partial charge in [-0.3, -0.25) is 4.79 Å². The number of rotatable bonds is 3. The van der Waals surface area contributed by atoms with Crippen LogP contribution in [0.3, 0.4) is 0 Å². The van der Waals surface area contributed by atoms with Crippen LogP contribution in [-0.2, 0) is 0 Å². The van der Waals surface area contributed by atoms with E-state index in [0.29, 0.717) is 12.1 Å². The second-order valence-corrected chi connectivity index (χ2v) is 3.62. The van der Waals surface area contributed by atoms with Gasteiger partial charge in [-0.1, -0.05) is 6.92 Å². The first-order chi connectivity index (χ1) is 6.25. The zero-order valence-corrected chi connectivity index (χ0v) is 9.54. The molecule has 0 saturated heterocycles. The summed E-state index contributed by atoms with van der Waals surface area (Å²) < 4.78 is 0.744.